The van der Waals surface area contributed by atoms with Gasteiger partial charge in [0.05, 0.1) is 23.7 Å². The van der Waals surface area contributed by atoms with Crippen molar-refractivity contribution >= 4 is 15.8 Å². The number of hydrogen-bond donors (Lipinski definition) is 2. The van der Waals surface area contributed by atoms with E-state index >= 15 is 0 Å². The number of primary sulfonamides is 1. The summed E-state index contributed by atoms with van der Waals surface area (Å²) in [5.74, 6) is 0.639. The molecule has 34 heavy (non-hydrogen) atoms. The Bertz CT molecular complexity index is 1480. The average Bonchev–Trinajstić information content (AvgIpc) is 3.29. The quantitative estimate of drug-likeness (QED) is 0.459. The highest BCUT2D eigenvalue weighted by atomic mass is 32.2. The van der Waals surface area contributed by atoms with Crippen molar-refractivity contribution in [3.05, 3.63) is 96.1 Å². The second kappa shape index (κ2) is 8.53. The molecule has 1 atom stereocenters. The van der Waals surface area contributed by atoms with Crippen LogP contribution in [-0.2, 0) is 16.6 Å². The zero-order chi connectivity index (χ0) is 23.9. The number of nitrogens with zero attached hydrogens (tertiary/aromatic N) is 2. The van der Waals surface area contributed by atoms with Crippen molar-refractivity contribution < 1.29 is 17.9 Å². The highest BCUT2D eigenvalue weighted by Gasteiger charge is 2.32. The van der Waals surface area contributed by atoms with Gasteiger partial charge in [0.2, 0.25) is 15.8 Å². The summed E-state index contributed by atoms with van der Waals surface area (Å²) in [5.41, 5.74) is 4.03. The SMILES string of the molecule is COc1ccc(-n2cnc3c2C(=O)C(c2ccc(-c4ccccc4S(N)(=O)=O)cc2)NC3)cc1. The molecule has 0 spiro atoms. The Hall–Kier alpha value is -3.79. The topological polar surface area (TPSA) is 116 Å². The molecule has 0 amide bonds. The lowest BCUT2D eigenvalue weighted by molar-refractivity contribution is 0.0922. The molecule has 0 aliphatic carbocycles. The predicted octanol–water partition coefficient (Wildman–Crippen LogP) is 3.22. The maximum atomic E-state index is 13.5. The molecule has 3 N–H and O–H groups in total. The van der Waals surface area contributed by atoms with E-state index in [-0.39, 0.29) is 10.7 Å². The number of nitrogens with one attached hydrogen (secondary N) is 1. The molecule has 0 saturated heterocycles. The van der Waals surface area contributed by atoms with E-state index in [2.05, 4.69) is 10.3 Å². The highest BCUT2D eigenvalue weighted by Crippen LogP contribution is 2.31. The summed E-state index contributed by atoms with van der Waals surface area (Å²) in [6, 6.07) is 20.7. The van der Waals surface area contributed by atoms with Gasteiger partial charge < -0.3 is 4.74 Å². The van der Waals surface area contributed by atoms with Crippen LogP contribution in [0.4, 0.5) is 0 Å². The fraction of sp³-hybridized carbons (Fsp3) is 0.120. The number of Topliss-reactive ketones (excluding diaryl/α,β-unsaturated/α-hetero) is 1. The zero-order valence-corrected chi connectivity index (χ0v) is 19.1. The minimum Gasteiger partial charge on any atom is -0.497 e. The molecule has 2 heterocycles. The van der Waals surface area contributed by atoms with Gasteiger partial charge in [-0.1, -0.05) is 42.5 Å². The van der Waals surface area contributed by atoms with Crippen molar-refractivity contribution in [3.63, 3.8) is 0 Å². The Kier molecular flexibility index (Phi) is 5.52. The number of aromatic nitrogens is 2. The fourth-order valence-electron chi connectivity index (χ4n) is 4.22. The van der Waals surface area contributed by atoms with Crippen molar-refractivity contribution in [1.29, 1.82) is 0 Å². The summed E-state index contributed by atoms with van der Waals surface area (Å²) in [5, 5.41) is 8.63. The first kappa shape index (κ1) is 22.0. The third-order valence-electron chi connectivity index (χ3n) is 5.91. The van der Waals surface area contributed by atoms with Crippen LogP contribution in [0.2, 0.25) is 0 Å². The molecule has 5 rings (SSSR count). The van der Waals surface area contributed by atoms with Crippen molar-refractivity contribution in [3.8, 4) is 22.6 Å². The first-order chi connectivity index (χ1) is 16.4. The molecule has 1 unspecified atom stereocenters. The van der Waals surface area contributed by atoms with Gasteiger partial charge in [-0.15, -0.1) is 0 Å². The molecule has 0 radical (unpaired) electrons. The van der Waals surface area contributed by atoms with Crippen LogP contribution in [0.3, 0.4) is 0 Å². The smallest absolute Gasteiger partial charge is 0.238 e. The molecule has 0 saturated carbocycles. The van der Waals surface area contributed by atoms with Crippen LogP contribution in [0, 0.1) is 0 Å². The number of carbonyl (C=O) groups excluding carboxylic acids is 1. The number of carbonyl (C=O) groups is 1. The van der Waals surface area contributed by atoms with E-state index in [1.165, 1.54) is 6.07 Å². The molecule has 8 nitrogen and oxygen atoms in total. The number of nitrogens with two attached hydrogens (primary N) is 1. The van der Waals surface area contributed by atoms with Gasteiger partial charge in [0, 0.05) is 17.8 Å². The summed E-state index contributed by atoms with van der Waals surface area (Å²) >= 11 is 0. The van der Waals surface area contributed by atoms with E-state index < -0.39 is 16.1 Å². The first-order valence-electron chi connectivity index (χ1n) is 10.6. The second-order valence-corrected chi connectivity index (χ2v) is 9.48. The number of methoxy groups -OCH3 is 1. The largest absolute Gasteiger partial charge is 0.497 e. The number of ketones is 1. The van der Waals surface area contributed by atoms with Crippen LogP contribution in [0.5, 0.6) is 5.75 Å². The Labute approximate surface area is 197 Å². The number of fused-ring (bicyclic) bond motifs is 1. The van der Waals surface area contributed by atoms with E-state index in [0.717, 1.165) is 17.0 Å². The fourth-order valence-corrected chi connectivity index (χ4v) is 4.98. The van der Waals surface area contributed by atoms with Gasteiger partial charge >= 0.3 is 0 Å². The predicted molar refractivity (Wildman–Crippen MR) is 127 cm³/mol. The summed E-state index contributed by atoms with van der Waals surface area (Å²) in [6.07, 6.45) is 1.65. The molecule has 172 valence electrons. The molecule has 1 aliphatic rings. The molecule has 1 aliphatic heterocycles. The lowest BCUT2D eigenvalue weighted by Crippen LogP contribution is -2.35. The lowest BCUT2D eigenvalue weighted by Gasteiger charge is -2.24. The number of imidazole rings is 1. The molecule has 1 aromatic heterocycles. The molecule has 4 aromatic rings. The zero-order valence-electron chi connectivity index (χ0n) is 18.3. The van der Waals surface area contributed by atoms with E-state index in [1.807, 2.05) is 36.4 Å². The van der Waals surface area contributed by atoms with Gasteiger partial charge in [-0.3, -0.25) is 14.7 Å². The number of rotatable bonds is 5. The Morgan fingerprint density at radius 2 is 1.74 bits per heavy atom. The van der Waals surface area contributed by atoms with Crippen molar-refractivity contribution in [2.75, 3.05) is 7.11 Å². The van der Waals surface area contributed by atoms with Crippen LogP contribution >= 0.6 is 0 Å². The maximum absolute atomic E-state index is 13.5. The van der Waals surface area contributed by atoms with E-state index in [4.69, 9.17) is 9.88 Å². The van der Waals surface area contributed by atoms with Crippen LogP contribution in [-0.4, -0.2) is 30.9 Å². The average molecular weight is 475 g/mol. The number of hydrogen-bond acceptors (Lipinski definition) is 6. The minimum atomic E-state index is -3.87. The lowest BCUT2D eigenvalue weighted by atomic mass is 9.94. The van der Waals surface area contributed by atoms with Crippen LogP contribution < -0.4 is 15.2 Å². The molecular weight excluding hydrogens is 452 g/mol. The summed E-state index contributed by atoms with van der Waals surface area (Å²) in [7, 11) is -2.26. The van der Waals surface area contributed by atoms with Crippen LogP contribution in [0.25, 0.3) is 16.8 Å². The van der Waals surface area contributed by atoms with E-state index in [9.17, 15) is 13.2 Å². The minimum absolute atomic E-state index is 0.0580. The Balaban J connectivity index is 1.47. The van der Waals surface area contributed by atoms with Crippen molar-refractivity contribution in [2.24, 2.45) is 5.14 Å². The molecule has 0 bridgehead atoms. The summed E-state index contributed by atoms with van der Waals surface area (Å²) < 4.78 is 31.0. The van der Waals surface area contributed by atoms with Gasteiger partial charge in [0.15, 0.2) is 0 Å². The first-order valence-corrected chi connectivity index (χ1v) is 12.1. The van der Waals surface area contributed by atoms with Gasteiger partial charge in [-0.25, -0.2) is 18.5 Å². The monoisotopic (exact) mass is 474 g/mol. The molecular formula is C25H22N4O4S. The van der Waals surface area contributed by atoms with Gasteiger partial charge in [-0.05, 0) is 41.5 Å². The standard InChI is InChI=1S/C25H22N4O4S/c1-33-19-12-10-18(11-13-19)29-15-28-21-14-27-23(25(30)24(21)29)17-8-6-16(7-9-17)20-4-2-3-5-22(20)34(26,31)32/h2-13,15,23,27H,14H2,1H3,(H2,26,31,32). The molecule has 3 aromatic carbocycles. The van der Waals surface area contributed by atoms with Crippen molar-refractivity contribution in [1.82, 2.24) is 14.9 Å². The maximum Gasteiger partial charge on any atom is 0.238 e. The molecule has 9 heteroatoms. The third-order valence-corrected chi connectivity index (χ3v) is 6.88. The Morgan fingerprint density at radius 1 is 1.03 bits per heavy atom. The summed E-state index contributed by atoms with van der Waals surface area (Å²) in [6.45, 7) is 0.449. The number of benzene rings is 3. The van der Waals surface area contributed by atoms with E-state index in [0.29, 0.717) is 29.1 Å². The third kappa shape index (κ3) is 3.90. The van der Waals surface area contributed by atoms with Gasteiger partial charge in [0.25, 0.3) is 0 Å². The Morgan fingerprint density at radius 3 is 2.41 bits per heavy atom. The van der Waals surface area contributed by atoms with Gasteiger partial charge in [-0.2, -0.15) is 0 Å². The normalized spacial score (nSPS) is 15.7. The van der Waals surface area contributed by atoms with Crippen molar-refractivity contribution in [2.45, 2.75) is 17.5 Å². The van der Waals surface area contributed by atoms with E-state index in [1.54, 1.807) is 48.3 Å². The number of sulfonamides is 1. The second-order valence-electron chi connectivity index (χ2n) is 7.95. The summed E-state index contributed by atoms with van der Waals surface area (Å²) in [4.78, 5) is 18.0. The number of ether oxygens (including phenoxy) is 1. The van der Waals surface area contributed by atoms with Crippen LogP contribution in [0.1, 0.15) is 27.8 Å². The van der Waals surface area contributed by atoms with Gasteiger partial charge in [0.1, 0.15) is 17.8 Å². The molecule has 0 fully saturated rings. The van der Waals surface area contributed by atoms with Crippen LogP contribution in [0.15, 0.2) is 84.0 Å². The highest BCUT2D eigenvalue weighted by molar-refractivity contribution is 7.89.